The van der Waals surface area contributed by atoms with Crippen LogP contribution in [-0.2, 0) is 4.79 Å². The van der Waals surface area contributed by atoms with Crippen LogP contribution in [0, 0.1) is 5.92 Å². The van der Waals surface area contributed by atoms with Crippen molar-refractivity contribution in [3.8, 4) is 0 Å². The zero-order valence-corrected chi connectivity index (χ0v) is 13.2. The van der Waals surface area contributed by atoms with E-state index in [2.05, 4.69) is 37.9 Å². The minimum absolute atomic E-state index is 0.00458. The molecule has 3 N–H and O–H groups in total. The molecule has 1 aromatic carbocycles. The summed E-state index contributed by atoms with van der Waals surface area (Å²) in [5, 5.41) is 2.93. The molecule has 0 aliphatic carbocycles. The topological polar surface area (TPSA) is 58.4 Å². The number of benzene rings is 1. The molecule has 1 aromatic rings. The molecule has 0 saturated carbocycles. The first-order valence-electron chi connectivity index (χ1n) is 7.23. The lowest BCUT2D eigenvalue weighted by Crippen LogP contribution is -2.47. The van der Waals surface area contributed by atoms with Gasteiger partial charge in [0.2, 0.25) is 5.91 Å². The molecular formula is C16H27N3O. The van der Waals surface area contributed by atoms with Crippen LogP contribution in [0.25, 0.3) is 0 Å². The molecule has 1 amide bonds. The largest absolute Gasteiger partial charge is 0.399 e. The van der Waals surface area contributed by atoms with Gasteiger partial charge in [-0.2, -0.15) is 0 Å². The molecule has 0 spiro atoms. The lowest BCUT2D eigenvalue weighted by Gasteiger charge is -2.33. The van der Waals surface area contributed by atoms with Gasteiger partial charge in [-0.25, -0.2) is 0 Å². The number of carbonyl (C=O) groups excluding carboxylic acids is 1. The summed E-state index contributed by atoms with van der Waals surface area (Å²) in [5.41, 5.74) is 7.12. The molecular weight excluding hydrogens is 250 g/mol. The maximum Gasteiger partial charge on any atom is 0.241 e. The zero-order valence-electron chi connectivity index (χ0n) is 13.2. The van der Waals surface area contributed by atoms with Gasteiger partial charge in [0.15, 0.2) is 0 Å². The van der Waals surface area contributed by atoms with E-state index in [0.29, 0.717) is 17.6 Å². The number of hydrogen-bond acceptors (Lipinski definition) is 3. The van der Waals surface area contributed by atoms with Gasteiger partial charge < -0.3 is 11.1 Å². The fraction of sp³-hybridized carbons (Fsp3) is 0.562. The number of nitrogens with zero attached hydrogens (tertiary/aromatic N) is 1. The van der Waals surface area contributed by atoms with E-state index in [1.165, 1.54) is 0 Å². The molecule has 0 saturated heterocycles. The average Bonchev–Trinajstić information content (AvgIpc) is 2.34. The summed E-state index contributed by atoms with van der Waals surface area (Å²) in [7, 11) is 0. The van der Waals surface area contributed by atoms with E-state index in [0.717, 1.165) is 12.2 Å². The highest BCUT2D eigenvalue weighted by atomic mass is 16.2. The van der Waals surface area contributed by atoms with Gasteiger partial charge in [0.1, 0.15) is 0 Å². The second-order valence-corrected chi connectivity index (χ2v) is 5.98. The van der Waals surface area contributed by atoms with E-state index in [-0.39, 0.29) is 11.9 Å². The van der Waals surface area contributed by atoms with Crippen molar-refractivity contribution in [1.29, 1.82) is 0 Å². The Kier molecular flexibility index (Phi) is 6.02. The van der Waals surface area contributed by atoms with Crippen molar-refractivity contribution in [2.24, 2.45) is 5.92 Å². The van der Waals surface area contributed by atoms with Gasteiger partial charge in [-0.1, -0.05) is 19.9 Å². The van der Waals surface area contributed by atoms with Gasteiger partial charge in [-0.3, -0.25) is 9.69 Å². The third-order valence-electron chi connectivity index (χ3n) is 3.27. The first kappa shape index (κ1) is 16.5. The normalized spacial score (nSPS) is 13.0. The number of nitrogen functional groups attached to an aromatic ring is 1. The standard InChI is InChI=1S/C16H27N3O/c1-11(2)10-19(12(3)4)13(5)16(20)18-15-8-6-7-14(17)9-15/h6-9,11-13H,10,17H2,1-5H3,(H,18,20). The molecule has 1 atom stereocenters. The number of hydrogen-bond donors (Lipinski definition) is 2. The predicted molar refractivity (Wildman–Crippen MR) is 85.6 cm³/mol. The average molecular weight is 277 g/mol. The smallest absolute Gasteiger partial charge is 0.241 e. The molecule has 0 bridgehead atoms. The van der Waals surface area contributed by atoms with Crippen LogP contribution in [-0.4, -0.2) is 29.4 Å². The fourth-order valence-corrected chi connectivity index (χ4v) is 2.25. The lowest BCUT2D eigenvalue weighted by atomic mass is 10.1. The summed E-state index contributed by atoms with van der Waals surface area (Å²) in [4.78, 5) is 14.6. The van der Waals surface area contributed by atoms with E-state index in [1.54, 1.807) is 12.1 Å². The lowest BCUT2D eigenvalue weighted by molar-refractivity contribution is -0.121. The quantitative estimate of drug-likeness (QED) is 0.786. The highest BCUT2D eigenvalue weighted by molar-refractivity contribution is 5.94. The van der Waals surface area contributed by atoms with Crippen molar-refractivity contribution in [2.75, 3.05) is 17.6 Å². The third kappa shape index (κ3) is 4.85. The number of amides is 1. The Bertz CT molecular complexity index is 443. The Morgan fingerprint density at radius 3 is 2.40 bits per heavy atom. The Labute approximate surface area is 122 Å². The first-order valence-corrected chi connectivity index (χ1v) is 7.23. The molecule has 1 unspecified atom stereocenters. The number of carbonyl (C=O) groups is 1. The minimum atomic E-state index is -0.168. The third-order valence-corrected chi connectivity index (χ3v) is 3.27. The van der Waals surface area contributed by atoms with E-state index in [4.69, 9.17) is 5.73 Å². The van der Waals surface area contributed by atoms with Crippen LogP contribution < -0.4 is 11.1 Å². The Balaban J connectivity index is 2.73. The van der Waals surface area contributed by atoms with Crippen molar-refractivity contribution >= 4 is 17.3 Å². The van der Waals surface area contributed by atoms with Gasteiger partial charge in [-0.05, 0) is 44.9 Å². The molecule has 4 nitrogen and oxygen atoms in total. The summed E-state index contributed by atoms with van der Waals surface area (Å²) in [6.07, 6.45) is 0. The number of nitrogens with one attached hydrogen (secondary N) is 1. The van der Waals surface area contributed by atoms with Crippen LogP contribution in [0.4, 0.5) is 11.4 Å². The van der Waals surface area contributed by atoms with Gasteiger partial charge in [0.25, 0.3) is 0 Å². The molecule has 0 aliphatic heterocycles. The number of rotatable bonds is 6. The Morgan fingerprint density at radius 1 is 1.25 bits per heavy atom. The van der Waals surface area contributed by atoms with Crippen molar-refractivity contribution in [2.45, 2.75) is 46.7 Å². The molecule has 0 radical (unpaired) electrons. The van der Waals surface area contributed by atoms with Crippen LogP contribution in [0.3, 0.4) is 0 Å². The molecule has 112 valence electrons. The van der Waals surface area contributed by atoms with Gasteiger partial charge in [-0.15, -0.1) is 0 Å². The Morgan fingerprint density at radius 2 is 1.90 bits per heavy atom. The van der Waals surface area contributed by atoms with Crippen molar-refractivity contribution in [3.05, 3.63) is 24.3 Å². The summed E-state index contributed by atoms with van der Waals surface area (Å²) >= 11 is 0. The molecule has 0 fully saturated rings. The van der Waals surface area contributed by atoms with Crippen LogP contribution >= 0.6 is 0 Å². The maximum absolute atomic E-state index is 12.4. The van der Waals surface area contributed by atoms with E-state index < -0.39 is 0 Å². The molecule has 1 rings (SSSR count). The monoisotopic (exact) mass is 277 g/mol. The number of anilines is 2. The highest BCUT2D eigenvalue weighted by Gasteiger charge is 2.24. The first-order chi connectivity index (χ1) is 9.31. The minimum Gasteiger partial charge on any atom is -0.399 e. The van der Waals surface area contributed by atoms with Gasteiger partial charge in [0, 0.05) is 24.0 Å². The highest BCUT2D eigenvalue weighted by Crippen LogP contribution is 2.15. The number of nitrogens with two attached hydrogens (primary N) is 1. The van der Waals surface area contributed by atoms with Gasteiger partial charge >= 0.3 is 0 Å². The summed E-state index contributed by atoms with van der Waals surface area (Å²) in [6.45, 7) is 11.4. The van der Waals surface area contributed by atoms with Crippen molar-refractivity contribution in [3.63, 3.8) is 0 Å². The predicted octanol–water partition coefficient (Wildman–Crippen LogP) is 2.96. The van der Waals surface area contributed by atoms with Crippen LogP contribution in [0.2, 0.25) is 0 Å². The van der Waals surface area contributed by atoms with E-state index in [9.17, 15) is 4.79 Å². The van der Waals surface area contributed by atoms with Crippen molar-refractivity contribution in [1.82, 2.24) is 4.90 Å². The maximum atomic E-state index is 12.4. The second-order valence-electron chi connectivity index (χ2n) is 5.98. The molecule has 20 heavy (non-hydrogen) atoms. The van der Waals surface area contributed by atoms with Crippen molar-refractivity contribution < 1.29 is 4.79 Å². The van der Waals surface area contributed by atoms with Gasteiger partial charge in [0.05, 0.1) is 6.04 Å². The van der Waals surface area contributed by atoms with E-state index in [1.807, 2.05) is 19.1 Å². The molecule has 0 heterocycles. The zero-order chi connectivity index (χ0) is 15.3. The fourth-order valence-electron chi connectivity index (χ4n) is 2.25. The van der Waals surface area contributed by atoms with Crippen LogP contribution in [0.15, 0.2) is 24.3 Å². The molecule has 4 heteroatoms. The summed E-state index contributed by atoms with van der Waals surface area (Å²) < 4.78 is 0. The molecule has 0 aliphatic rings. The summed E-state index contributed by atoms with van der Waals surface area (Å²) in [5.74, 6) is 0.532. The molecule has 0 aromatic heterocycles. The second kappa shape index (κ2) is 7.29. The van der Waals surface area contributed by atoms with E-state index >= 15 is 0 Å². The Hall–Kier alpha value is -1.55. The SMILES string of the molecule is CC(C)CN(C(C)C)C(C)C(=O)Nc1cccc(N)c1. The van der Waals surface area contributed by atoms with Crippen LogP contribution in [0.1, 0.15) is 34.6 Å². The van der Waals surface area contributed by atoms with Crippen LogP contribution in [0.5, 0.6) is 0 Å². The summed E-state index contributed by atoms with van der Waals surface area (Å²) in [6, 6.07) is 7.43.